The molecule has 1 aliphatic rings. The molecule has 0 aliphatic carbocycles. The van der Waals surface area contributed by atoms with Gasteiger partial charge < -0.3 is 10.7 Å². The summed E-state index contributed by atoms with van der Waals surface area (Å²) < 4.78 is 0. The van der Waals surface area contributed by atoms with Gasteiger partial charge >= 0.3 is 0 Å². The zero-order chi connectivity index (χ0) is 13.7. The summed E-state index contributed by atoms with van der Waals surface area (Å²) in [6.07, 6.45) is 3.55. The quantitative estimate of drug-likeness (QED) is 0.459. The number of nitrogens with one attached hydrogen (secondary N) is 1. The molecule has 0 spiro atoms. The van der Waals surface area contributed by atoms with Gasteiger partial charge in [0.2, 0.25) is 0 Å². The van der Waals surface area contributed by atoms with Crippen LogP contribution < -0.4 is 17.0 Å². The Morgan fingerprint density at radius 3 is 2.78 bits per heavy atom. The highest BCUT2D eigenvalue weighted by Crippen LogP contribution is 2.15. The largest absolute Gasteiger partial charge is 0.387 e. The third-order valence-corrected chi connectivity index (χ3v) is 2.96. The number of aliphatic imine (C=N–C) groups is 2. The topological polar surface area (TPSA) is 95.3 Å². The minimum Gasteiger partial charge on any atom is -0.387 e. The molecule has 0 aromatic carbocycles. The van der Waals surface area contributed by atoms with E-state index in [-0.39, 0.29) is 18.2 Å². The summed E-state index contributed by atoms with van der Waals surface area (Å²) >= 11 is 0. The Balaban J connectivity index is 2.92. The predicted molar refractivity (Wildman–Crippen MR) is 74.6 cm³/mol. The van der Waals surface area contributed by atoms with Gasteiger partial charge in [-0.15, -0.1) is 0 Å². The summed E-state index contributed by atoms with van der Waals surface area (Å²) in [5, 5.41) is 4.05. The number of hydrazine groups is 2. The molecule has 1 aliphatic heterocycles. The van der Waals surface area contributed by atoms with Crippen LogP contribution in [0.3, 0.4) is 0 Å². The summed E-state index contributed by atoms with van der Waals surface area (Å²) in [6.45, 7) is 7.99. The van der Waals surface area contributed by atoms with Crippen LogP contribution in [-0.4, -0.2) is 47.5 Å². The first-order valence-electron chi connectivity index (χ1n) is 5.94. The van der Waals surface area contributed by atoms with Crippen molar-refractivity contribution in [2.24, 2.45) is 21.6 Å². The summed E-state index contributed by atoms with van der Waals surface area (Å²) in [6, 6.07) is 0.272. The van der Waals surface area contributed by atoms with Crippen molar-refractivity contribution in [3.63, 3.8) is 0 Å². The maximum Gasteiger partial charge on any atom is 0.131 e. The van der Waals surface area contributed by atoms with E-state index in [9.17, 15) is 0 Å². The second-order valence-electron chi connectivity index (χ2n) is 4.50. The highest BCUT2D eigenvalue weighted by Gasteiger charge is 2.29. The molecule has 0 saturated carbocycles. The van der Waals surface area contributed by atoms with Gasteiger partial charge in [0.25, 0.3) is 0 Å². The maximum atomic E-state index is 5.82. The van der Waals surface area contributed by atoms with E-state index in [4.69, 9.17) is 11.6 Å². The minimum atomic E-state index is -0.263. The third kappa shape index (κ3) is 3.28. The maximum absolute atomic E-state index is 5.82. The van der Waals surface area contributed by atoms with E-state index in [1.54, 1.807) is 6.20 Å². The molecule has 0 bridgehead atoms. The summed E-state index contributed by atoms with van der Waals surface area (Å²) in [5.74, 6) is 6.08. The number of nitrogens with two attached hydrogens (primary N) is 2. The molecule has 0 aromatic rings. The number of amidine groups is 1. The molecular weight excluding hydrogens is 230 g/mol. The SMILES string of the molecule is C=CN(C(C)C)N(C)C1CC(N)=NC=N[C@H]1NN. The molecule has 0 amide bonds. The molecule has 7 nitrogen and oxygen atoms in total. The van der Waals surface area contributed by atoms with Crippen molar-refractivity contribution >= 4 is 12.2 Å². The lowest BCUT2D eigenvalue weighted by Gasteiger charge is -2.41. The normalized spacial score (nSPS) is 24.0. The van der Waals surface area contributed by atoms with Crippen LogP contribution in [0.15, 0.2) is 22.8 Å². The lowest BCUT2D eigenvalue weighted by atomic mass is 10.1. The molecular formula is C11H23N7. The second kappa shape index (κ2) is 6.48. The number of hydrogen-bond donors (Lipinski definition) is 3. The van der Waals surface area contributed by atoms with Crippen molar-refractivity contribution in [1.29, 1.82) is 0 Å². The first kappa shape index (κ1) is 14.6. The van der Waals surface area contributed by atoms with Gasteiger partial charge in [0.15, 0.2) is 0 Å². The van der Waals surface area contributed by atoms with E-state index in [0.29, 0.717) is 12.3 Å². The van der Waals surface area contributed by atoms with Crippen LogP contribution in [0.4, 0.5) is 0 Å². The van der Waals surface area contributed by atoms with Crippen molar-refractivity contribution in [3.8, 4) is 0 Å². The van der Waals surface area contributed by atoms with Crippen LogP contribution in [0.25, 0.3) is 0 Å². The summed E-state index contributed by atoms with van der Waals surface area (Å²) in [4.78, 5) is 8.26. The van der Waals surface area contributed by atoms with Gasteiger partial charge in [-0.3, -0.25) is 10.8 Å². The van der Waals surface area contributed by atoms with Crippen LogP contribution in [0.5, 0.6) is 0 Å². The van der Waals surface area contributed by atoms with E-state index < -0.39 is 0 Å². The second-order valence-corrected chi connectivity index (χ2v) is 4.50. The highest BCUT2D eigenvalue weighted by atomic mass is 15.6. The molecule has 0 radical (unpaired) electrons. The van der Waals surface area contributed by atoms with Crippen LogP contribution in [0.1, 0.15) is 20.3 Å². The third-order valence-electron chi connectivity index (χ3n) is 2.96. The van der Waals surface area contributed by atoms with Crippen LogP contribution in [-0.2, 0) is 0 Å². The molecule has 5 N–H and O–H groups in total. The van der Waals surface area contributed by atoms with E-state index in [2.05, 4.69) is 35.8 Å². The van der Waals surface area contributed by atoms with Crippen molar-refractivity contribution in [2.75, 3.05) is 7.05 Å². The zero-order valence-electron chi connectivity index (χ0n) is 11.2. The Morgan fingerprint density at radius 1 is 1.61 bits per heavy atom. The monoisotopic (exact) mass is 253 g/mol. The summed E-state index contributed by atoms with van der Waals surface area (Å²) in [7, 11) is 1.96. The molecule has 1 heterocycles. The molecule has 18 heavy (non-hydrogen) atoms. The average molecular weight is 253 g/mol. The fourth-order valence-corrected chi connectivity index (χ4v) is 2.02. The number of rotatable bonds is 5. The first-order chi connectivity index (χ1) is 8.51. The fourth-order valence-electron chi connectivity index (χ4n) is 2.02. The van der Waals surface area contributed by atoms with Crippen LogP contribution in [0, 0.1) is 0 Å². The van der Waals surface area contributed by atoms with Gasteiger partial charge in [0.1, 0.15) is 18.3 Å². The first-order valence-corrected chi connectivity index (χ1v) is 5.94. The van der Waals surface area contributed by atoms with E-state index in [1.165, 1.54) is 6.34 Å². The van der Waals surface area contributed by atoms with Gasteiger partial charge in [0, 0.05) is 25.7 Å². The molecule has 1 unspecified atom stereocenters. The minimum absolute atomic E-state index is 0.0158. The zero-order valence-corrected chi connectivity index (χ0v) is 11.2. The lowest BCUT2D eigenvalue weighted by Crippen LogP contribution is -2.56. The molecule has 0 saturated heterocycles. The van der Waals surface area contributed by atoms with Crippen LogP contribution in [0.2, 0.25) is 0 Å². The van der Waals surface area contributed by atoms with Gasteiger partial charge in [-0.2, -0.15) is 0 Å². The number of nitrogens with zero attached hydrogens (tertiary/aromatic N) is 4. The lowest BCUT2D eigenvalue weighted by molar-refractivity contribution is -0.0266. The Kier molecular flexibility index (Phi) is 5.26. The van der Waals surface area contributed by atoms with Gasteiger partial charge in [-0.05, 0) is 13.8 Å². The van der Waals surface area contributed by atoms with E-state index in [0.717, 1.165) is 0 Å². The van der Waals surface area contributed by atoms with Gasteiger partial charge in [-0.1, -0.05) is 6.58 Å². The van der Waals surface area contributed by atoms with Crippen LogP contribution >= 0.6 is 0 Å². The van der Waals surface area contributed by atoms with Crippen molar-refractivity contribution in [3.05, 3.63) is 12.8 Å². The molecule has 102 valence electrons. The highest BCUT2D eigenvalue weighted by molar-refractivity contribution is 5.88. The Bertz CT molecular complexity index is 336. The molecule has 7 heteroatoms. The van der Waals surface area contributed by atoms with E-state index in [1.807, 2.05) is 17.1 Å². The molecule has 0 aromatic heterocycles. The number of likely N-dealkylation sites (N-methyl/N-ethyl adjacent to an activating group) is 1. The number of hydrogen-bond acceptors (Lipinski definition) is 7. The van der Waals surface area contributed by atoms with E-state index >= 15 is 0 Å². The van der Waals surface area contributed by atoms with Crippen molar-refractivity contribution in [2.45, 2.75) is 38.5 Å². The van der Waals surface area contributed by atoms with Gasteiger partial charge in [0.05, 0.1) is 6.04 Å². The Hall–Kier alpha value is -1.44. The van der Waals surface area contributed by atoms with Gasteiger partial charge in [-0.25, -0.2) is 15.4 Å². The summed E-state index contributed by atoms with van der Waals surface area (Å²) in [5.41, 5.74) is 8.50. The smallest absolute Gasteiger partial charge is 0.131 e. The van der Waals surface area contributed by atoms with Crippen molar-refractivity contribution < 1.29 is 0 Å². The average Bonchev–Trinajstić information content (AvgIpc) is 2.50. The standard InChI is InChI=1S/C11H23N7/c1-5-18(8(2)3)17(4)9-6-10(12)14-7-15-11(9)16-13/h5,7-9,11,16H,1,6,13H2,2-4H3,(H2,12,14,15)/t9?,11-/m0/s1. The van der Waals surface area contributed by atoms with Crippen molar-refractivity contribution in [1.82, 2.24) is 15.4 Å². The predicted octanol–water partition coefficient (Wildman–Crippen LogP) is -0.366. The Morgan fingerprint density at radius 2 is 2.28 bits per heavy atom. The fraction of sp³-hybridized carbons (Fsp3) is 0.636. The molecule has 0 fully saturated rings. The molecule has 2 atom stereocenters. The molecule has 1 rings (SSSR count). The Labute approximate surface area is 108 Å².